The van der Waals surface area contributed by atoms with Gasteiger partial charge in [-0.15, -0.1) is 0 Å². The zero-order chi connectivity index (χ0) is 16.1. The number of hydrogen-bond donors (Lipinski definition) is 0. The third-order valence-electron chi connectivity index (χ3n) is 2.72. The van der Waals surface area contributed by atoms with E-state index in [1.165, 1.54) is 11.1 Å². The molecule has 0 unspecified atom stereocenters. The van der Waals surface area contributed by atoms with Gasteiger partial charge in [0.05, 0.1) is 7.11 Å². The van der Waals surface area contributed by atoms with E-state index in [9.17, 15) is 14.9 Å². The summed E-state index contributed by atoms with van der Waals surface area (Å²) in [5, 5.41) is 13.4. The molecule has 1 aromatic rings. The van der Waals surface area contributed by atoms with Crippen molar-refractivity contribution in [2.45, 2.75) is 6.54 Å². The van der Waals surface area contributed by atoms with E-state index in [4.69, 9.17) is 16.3 Å². The average molecular weight is 330 g/mol. The van der Waals surface area contributed by atoms with Gasteiger partial charge in [-0.3, -0.25) is 0 Å². The molecular weight excluding hydrogens is 318 g/mol. The Morgan fingerprint density at radius 1 is 1.59 bits per heavy atom. The summed E-state index contributed by atoms with van der Waals surface area (Å²) < 4.78 is 9.79. The Balaban J connectivity index is 2.25. The second-order valence-electron chi connectivity index (χ2n) is 4.19. The number of aromatic nitrogens is 1. The molecule has 2 heterocycles. The number of carbonyl (C=O) groups excluding carboxylic acids is 1. The van der Waals surface area contributed by atoms with Crippen molar-refractivity contribution in [1.82, 2.24) is 14.8 Å². The molecule has 1 aromatic heterocycles. The number of hydrazone groups is 1. The fraction of sp³-hybridized carbons (Fsp3) is 0.364. The summed E-state index contributed by atoms with van der Waals surface area (Å²) in [6, 6.07) is 3.29. The monoisotopic (exact) mass is 329 g/mol. The number of amides is 1. The van der Waals surface area contributed by atoms with Crippen LogP contribution >= 0.6 is 11.6 Å². The van der Waals surface area contributed by atoms with Gasteiger partial charge in [0, 0.05) is 12.7 Å². The van der Waals surface area contributed by atoms with Gasteiger partial charge in [-0.25, -0.2) is 24.8 Å². The van der Waals surface area contributed by atoms with Crippen LogP contribution in [0.15, 0.2) is 23.4 Å². The molecule has 1 aliphatic rings. The van der Waals surface area contributed by atoms with Gasteiger partial charge in [0.2, 0.25) is 0 Å². The third kappa shape index (κ3) is 3.80. The SMILES string of the molecule is COC(=O)N1COCN(Cc2ccc(Cl)nc2)C1=N[N+](=O)[O-]. The van der Waals surface area contributed by atoms with E-state index in [2.05, 4.69) is 14.8 Å². The Bertz CT molecular complexity index is 593. The largest absolute Gasteiger partial charge is 0.452 e. The van der Waals surface area contributed by atoms with Crippen molar-refractivity contribution < 1.29 is 19.3 Å². The van der Waals surface area contributed by atoms with Gasteiger partial charge in [0.25, 0.3) is 5.96 Å². The summed E-state index contributed by atoms with van der Waals surface area (Å²) in [6.45, 7) is 0.0435. The predicted octanol–water partition coefficient (Wildman–Crippen LogP) is 1.10. The molecule has 0 aliphatic carbocycles. The first-order valence-electron chi connectivity index (χ1n) is 6.03. The van der Waals surface area contributed by atoms with Crippen molar-refractivity contribution in [3.05, 3.63) is 39.2 Å². The Morgan fingerprint density at radius 2 is 2.36 bits per heavy atom. The molecule has 11 heteroatoms. The van der Waals surface area contributed by atoms with Crippen molar-refractivity contribution in [2.75, 3.05) is 20.6 Å². The van der Waals surface area contributed by atoms with Crippen LogP contribution in [0.3, 0.4) is 0 Å². The standard InChI is InChI=1S/C11H12ClN5O5/c1-21-11(18)16-7-22-6-15(10(16)14-17(19)20)5-8-2-3-9(12)13-4-8/h2-4H,5-7H2,1H3. The summed E-state index contributed by atoms with van der Waals surface area (Å²) >= 11 is 5.70. The minimum atomic E-state index is -0.885. The first kappa shape index (κ1) is 15.9. The number of carbonyl (C=O) groups is 1. The zero-order valence-corrected chi connectivity index (χ0v) is 12.3. The van der Waals surface area contributed by atoms with E-state index in [-0.39, 0.29) is 26.0 Å². The fourth-order valence-electron chi connectivity index (χ4n) is 1.80. The Morgan fingerprint density at radius 3 is 2.95 bits per heavy atom. The molecular formula is C11H12ClN5O5. The maximum absolute atomic E-state index is 11.7. The zero-order valence-electron chi connectivity index (χ0n) is 11.5. The van der Waals surface area contributed by atoms with E-state index in [1.54, 1.807) is 12.1 Å². The Kier molecular flexibility index (Phi) is 5.07. The number of hydrogen-bond acceptors (Lipinski definition) is 6. The summed E-state index contributed by atoms with van der Waals surface area (Å²) in [5.74, 6) is -0.168. The van der Waals surface area contributed by atoms with Crippen molar-refractivity contribution >= 4 is 23.7 Å². The van der Waals surface area contributed by atoms with E-state index >= 15 is 0 Å². The molecule has 1 aliphatic heterocycles. The second kappa shape index (κ2) is 7.00. The van der Waals surface area contributed by atoms with Gasteiger partial charge in [0.1, 0.15) is 23.7 Å². The summed E-state index contributed by atoms with van der Waals surface area (Å²) in [4.78, 5) is 28.6. The molecule has 0 spiro atoms. The van der Waals surface area contributed by atoms with Crippen LogP contribution in [0.25, 0.3) is 0 Å². The molecule has 0 aromatic carbocycles. The molecule has 0 N–H and O–H groups in total. The molecule has 10 nitrogen and oxygen atoms in total. The van der Waals surface area contributed by atoms with E-state index in [0.717, 1.165) is 17.6 Å². The lowest BCUT2D eigenvalue weighted by Gasteiger charge is -2.34. The van der Waals surface area contributed by atoms with Gasteiger partial charge in [-0.1, -0.05) is 17.7 Å². The third-order valence-corrected chi connectivity index (χ3v) is 2.94. The highest BCUT2D eigenvalue weighted by Crippen LogP contribution is 2.14. The number of nitrogens with zero attached hydrogens (tertiary/aromatic N) is 5. The molecule has 118 valence electrons. The number of methoxy groups -OCH3 is 1. The van der Waals surface area contributed by atoms with Crippen LogP contribution in [0.4, 0.5) is 4.79 Å². The number of halogens is 1. The maximum atomic E-state index is 11.7. The quantitative estimate of drug-likeness (QED) is 0.463. The molecule has 1 fully saturated rings. The fourth-order valence-corrected chi connectivity index (χ4v) is 1.91. The number of rotatable bonds is 3. The summed E-state index contributed by atoms with van der Waals surface area (Å²) in [5.41, 5.74) is 0.718. The predicted molar refractivity (Wildman–Crippen MR) is 74.3 cm³/mol. The maximum Gasteiger partial charge on any atom is 0.418 e. The highest BCUT2D eigenvalue weighted by molar-refractivity contribution is 6.29. The van der Waals surface area contributed by atoms with Crippen molar-refractivity contribution in [2.24, 2.45) is 5.10 Å². The van der Waals surface area contributed by atoms with Gasteiger partial charge < -0.3 is 14.4 Å². The highest BCUT2D eigenvalue weighted by atomic mass is 35.5. The van der Waals surface area contributed by atoms with Crippen LogP contribution in [0.2, 0.25) is 5.15 Å². The first-order valence-corrected chi connectivity index (χ1v) is 6.40. The van der Waals surface area contributed by atoms with Crippen LogP contribution in [-0.2, 0) is 16.0 Å². The Labute approximate surface area is 130 Å². The lowest BCUT2D eigenvalue weighted by Crippen LogP contribution is -2.53. The van der Waals surface area contributed by atoms with E-state index in [1.807, 2.05) is 0 Å². The molecule has 0 radical (unpaired) electrons. The van der Waals surface area contributed by atoms with Gasteiger partial charge in [0.15, 0.2) is 5.03 Å². The molecule has 0 bridgehead atoms. The molecule has 0 saturated carbocycles. The van der Waals surface area contributed by atoms with Crippen molar-refractivity contribution in [3.8, 4) is 0 Å². The summed E-state index contributed by atoms with van der Waals surface area (Å²) in [6.07, 6.45) is 0.711. The van der Waals surface area contributed by atoms with Crippen LogP contribution in [0.5, 0.6) is 0 Å². The van der Waals surface area contributed by atoms with Crippen LogP contribution in [0.1, 0.15) is 5.56 Å². The first-order chi connectivity index (χ1) is 10.5. The van der Waals surface area contributed by atoms with Crippen LogP contribution in [0, 0.1) is 10.1 Å². The minimum Gasteiger partial charge on any atom is -0.452 e. The number of pyridine rings is 1. The number of guanidine groups is 1. The molecule has 0 atom stereocenters. The topological polar surface area (TPSA) is 110 Å². The minimum absolute atomic E-state index is 0.0305. The summed E-state index contributed by atoms with van der Waals surface area (Å²) in [7, 11) is 1.16. The normalized spacial score (nSPS) is 16.7. The molecule has 22 heavy (non-hydrogen) atoms. The highest BCUT2D eigenvalue weighted by Gasteiger charge is 2.33. The lowest BCUT2D eigenvalue weighted by atomic mass is 10.3. The van der Waals surface area contributed by atoms with Gasteiger partial charge in [-0.2, -0.15) is 0 Å². The number of ether oxygens (including phenoxy) is 2. The van der Waals surface area contributed by atoms with Crippen molar-refractivity contribution in [3.63, 3.8) is 0 Å². The molecule has 1 amide bonds. The Hall–Kier alpha value is -2.46. The molecule has 1 saturated heterocycles. The van der Waals surface area contributed by atoms with E-state index < -0.39 is 11.1 Å². The van der Waals surface area contributed by atoms with Gasteiger partial charge >= 0.3 is 6.09 Å². The molecule has 2 rings (SSSR count). The van der Waals surface area contributed by atoms with Crippen molar-refractivity contribution in [1.29, 1.82) is 0 Å². The number of nitro groups is 1. The van der Waals surface area contributed by atoms with Crippen LogP contribution < -0.4 is 0 Å². The second-order valence-corrected chi connectivity index (χ2v) is 4.57. The lowest BCUT2D eigenvalue weighted by molar-refractivity contribution is -0.486. The van der Waals surface area contributed by atoms with Crippen LogP contribution in [-0.4, -0.2) is 52.4 Å². The van der Waals surface area contributed by atoms with E-state index in [0.29, 0.717) is 5.15 Å². The average Bonchev–Trinajstić information content (AvgIpc) is 2.50. The van der Waals surface area contributed by atoms with Gasteiger partial charge in [-0.05, 0) is 11.6 Å². The smallest absolute Gasteiger partial charge is 0.418 e.